The molecule has 3 nitrogen and oxygen atoms in total. The van der Waals surface area contributed by atoms with Gasteiger partial charge in [-0.25, -0.2) is 4.98 Å². The van der Waals surface area contributed by atoms with Crippen LogP contribution in [0.5, 0.6) is 0 Å². The van der Waals surface area contributed by atoms with Crippen molar-refractivity contribution >= 4 is 11.5 Å². The fraction of sp³-hybridized carbons (Fsp3) is 0.545. The Morgan fingerprint density at radius 2 is 2.14 bits per heavy atom. The van der Waals surface area contributed by atoms with Crippen molar-refractivity contribution in [1.82, 2.24) is 4.98 Å². The van der Waals surface area contributed by atoms with E-state index >= 15 is 0 Å². The second-order valence-electron chi connectivity index (χ2n) is 3.37. The molecule has 0 radical (unpaired) electrons. The van der Waals surface area contributed by atoms with Crippen LogP contribution >= 0.6 is 0 Å². The number of anilines is 2. The number of nitrogens with two attached hydrogens (primary N) is 1. The highest BCUT2D eigenvalue weighted by Gasteiger charge is 2.02. The first-order valence-electron chi connectivity index (χ1n) is 5.24. The average molecular weight is 193 g/mol. The van der Waals surface area contributed by atoms with Gasteiger partial charge >= 0.3 is 0 Å². The minimum Gasteiger partial charge on any atom is -0.384 e. The van der Waals surface area contributed by atoms with E-state index in [0.717, 1.165) is 18.8 Å². The smallest absolute Gasteiger partial charge is 0.123 e. The van der Waals surface area contributed by atoms with E-state index in [2.05, 4.69) is 23.7 Å². The average Bonchev–Trinajstić information content (AvgIpc) is 2.21. The molecular formula is C11H19N3. The number of hydrogen-bond acceptors (Lipinski definition) is 3. The number of nitrogen functional groups attached to an aromatic ring is 1. The van der Waals surface area contributed by atoms with Crippen molar-refractivity contribution in [3.05, 3.63) is 18.3 Å². The van der Waals surface area contributed by atoms with E-state index in [9.17, 15) is 0 Å². The lowest BCUT2D eigenvalue weighted by molar-refractivity contribution is 0.731. The first kappa shape index (κ1) is 10.8. The zero-order valence-electron chi connectivity index (χ0n) is 9.03. The van der Waals surface area contributed by atoms with Gasteiger partial charge < -0.3 is 10.6 Å². The summed E-state index contributed by atoms with van der Waals surface area (Å²) in [6, 6.07) is 3.88. The largest absolute Gasteiger partial charge is 0.384 e. The number of hydrogen-bond donors (Lipinski definition) is 1. The minimum absolute atomic E-state index is 0.584. The lowest BCUT2D eigenvalue weighted by Gasteiger charge is -2.22. The summed E-state index contributed by atoms with van der Waals surface area (Å²) in [6.07, 6.45) is 4.28. The standard InChI is InChI=1S/C11H19N3/c1-3-5-8-14(4-2)10-6-7-11(12)13-9-10/h6-7,9H,3-5,8H2,1-2H3,(H2,12,13). The highest BCUT2D eigenvalue weighted by Crippen LogP contribution is 2.14. The highest BCUT2D eigenvalue weighted by atomic mass is 15.1. The van der Waals surface area contributed by atoms with Crippen LogP contribution in [0.25, 0.3) is 0 Å². The van der Waals surface area contributed by atoms with E-state index in [1.165, 1.54) is 12.8 Å². The molecule has 0 atom stereocenters. The molecule has 0 aliphatic carbocycles. The van der Waals surface area contributed by atoms with Crippen LogP contribution in [0.1, 0.15) is 26.7 Å². The second-order valence-corrected chi connectivity index (χ2v) is 3.37. The fourth-order valence-electron chi connectivity index (χ4n) is 1.40. The molecule has 3 heteroatoms. The van der Waals surface area contributed by atoms with Crippen LogP contribution in [0.15, 0.2) is 18.3 Å². The SMILES string of the molecule is CCCCN(CC)c1ccc(N)nc1. The van der Waals surface area contributed by atoms with Gasteiger partial charge in [0.15, 0.2) is 0 Å². The molecule has 0 amide bonds. The maximum atomic E-state index is 5.54. The fourth-order valence-corrected chi connectivity index (χ4v) is 1.40. The van der Waals surface area contributed by atoms with Gasteiger partial charge in [0, 0.05) is 13.1 Å². The Morgan fingerprint density at radius 3 is 2.64 bits per heavy atom. The van der Waals surface area contributed by atoms with E-state index < -0.39 is 0 Å². The first-order valence-corrected chi connectivity index (χ1v) is 5.24. The van der Waals surface area contributed by atoms with Crippen molar-refractivity contribution in [2.24, 2.45) is 0 Å². The van der Waals surface area contributed by atoms with Crippen molar-refractivity contribution in [3.63, 3.8) is 0 Å². The number of unbranched alkanes of at least 4 members (excludes halogenated alkanes) is 1. The van der Waals surface area contributed by atoms with Crippen molar-refractivity contribution < 1.29 is 0 Å². The molecule has 1 aromatic rings. The summed E-state index contributed by atoms with van der Waals surface area (Å²) >= 11 is 0. The number of pyridine rings is 1. The Balaban J connectivity index is 2.64. The van der Waals surface area contributed by atoms with Gasteiger partial charge in [0.1, 0.15) is 5.82 Å². The first-order chi connectivity index (χ1) is 6.77. The molecule has 1 heterocycles. The van der Waals surface area contributed by atoms with E-state index in [1.54, 1.807) is 0 Å². The number of rotatable bonds is 5. The lowest BCUT2D eigenvalue weighted by atomic mass is 10.3. The van der Waals surface area contributed by atoms with Crippen molar-refractivity contribution in [2.75, 3.05) is 23.7 Å². The second kappa shape index (κ2) is 5.47. The van der Waals surface area contributed by atoms with Gasteiger partial charge in [0.25, 0.3) is 0 Å². The van der Waals surface area contributed by atoms with Gasteiger partial charge in [-0.1, -0.05) is 13.3 Å². The Morgan fingerprint density at radius 1 is 1.36 bits per heavy atom. The predicted molar refractivity (Wildman–Crippen MR) is 61.4 cm³/mol. The van der Waals surface area contributed by atoms with Crippen molar-refractivity contribution in [2.45, 2.75) is 26.7 Å². The number of aromatic nitrogens is 1. The van der Waals surface area contributed by atoms with Crippen LogP contribution in [-0.4, -0.2) is 18.1 Å². The molecular weight excluding hydrogens is 174 g/mol. The zero-order valence-corrected chi connectivity index (χ0v) is 9.03. The Kier molecular flexibility index (Phi) is 4.23. The lowest BCUT2D eigenvalue weighted by Crippen LogP contribution is -2.23. The molecule has 1 aromatic heterocycles. The van der Waals surface area contributed by atoms with E-state index in [1.807, 2.05) is 18.3 Å². The third-order valence-electron chi connectivity index (χ3n) is 2.30. The Hall–Kier alpha value is -1.25. The maximum absolute atomic E-state index is 5.54. The Bertz CT molecular complexity index is 256. The summed E-state index contributed by atoms with van der Waals surface area (Å²) in [7, 11) is 0. The van der Waals surface area contributed by atoms with Gasteiger partial charge in [-0.2, -0.15) is 0 Å². The molecule has 0 saturated carbocycles. The molecule has 1 rings (SSSR count). The monoisotopic (exact) mass is 193 g/mol. The quantitative estimate of drug-likeness (QED) is 0.780. The third kappa shape index (κ3) is 2.91. The maximum Gasteiger partial charge on any atom is 0.123 e. The van der Waals surface area contributed by atoms with E-state index in [-0.39, 0.29) is 0 Å². The normalized spacial score (nSPS) is 10.1. The van der Waals surface area contributed by atoms with Crippen molar-refractivity contribution in [1.29, 1.82) is 0 Å². The van der Waals surface area contributed by atoms with Gasteiger partial charge in [-0.15, -0.1) is 0 Å². The van der Waals surface area contributed by atoms with Crippen LogP contribution in [0.2, 0.25) is 0 Å². The van der Waals surface area contributed by atoms with Crippen LogP contribution in [0.3, 0.4) is 0 Å². The molecule has 0 aliphatic heterocycles. The topological polar surface area (TPSA) is 42.1 Å². The predicted octanol–water partition coefficient (Wildman–Crippen LogP) is 2.29. The van der Waals surface area contributed by atoms with Gasteiger partial charge in [-0.3, -0.25) is 0 Å². The summed E-state index contributed by atoms with van der Waals surface area (Å²) in [6.45, 7) is 6.48. The van der Waals surface area contributed by atoms with Crippen LogP contribution < -0.4 is 10.6 Å². The minimum atomic E-state index is 0.584. The summed E-state index contributed by atoms with van der Waals surface area (Å²) in [5, 5.41) is 0. The van der Waals surface area contributed by atoms with E-state index in [0.29, 0.717) is 5.82 Å². The molecule has 14 heavy (non-hydrogen) atoms. The van der Waals surface area contributed by atoms with Gasteiger partial charge in [-0.05, 0) is 25.5 Å². The molecule has 0 spiro atoms. The molecule has 0 saturated heterocycles. The molecule has 78 valence electrons. The number of nitrogens with zero attached hydrogens (tertiary/aromatic N) is 2. The zero-order chi connectivity index (χ0) is 10.4. The van der Waals surface area contributed by atoms with Crippen LogP contribution in [0.4, 0.5) is 11.5 Å². The third-order valence-corrected chi connectivity index (χ3v) is 2.30. The van der Waals surface area contributed by atoms with Crippen molar-refractivity contribution in [3.8, 4) is 0 Å². The molecule has 0 aliphatic rings. The van der Waals surface area contributed by atoms with E-state index in [4.69, 9.17) is 5.73 Å². The summed E-state index contributed by atoms with van der Waals surface area (Å²) < 4.78 is 0. The summed E-state index contributed by atoms with van der Waals surface area (Å²) in [5.74, 6) is 0.584. The highest BCUT2D eigenvalue weighted by molar-refractivity contribution is 5.47. The van der Waals surface area contributed by atoms with Gasteiger partial charge in [0.2, 0.25) is 0 Å². The van der Waals surface area contributed by atoms with Crippen LogP contribution in [0, 0.1) is 0 Å². The summed E-state index contributed by atoms with van der Waals surface area (Å²) in [4.78, 5) is 6.41. The summed E-state index contributed by atoms with van der Waals surface area (Å²) in [5.41, 5.74) is 6.70. The van der Waals surface area contributed by atoms with Gasteiger partial charge in [0.05, 0.1) is 11.9 Å². The molecule has 0 aromatic carbocycles. The molecule has 0 fully saturated rings. The van der Waals surface area contributed by atoms with Crippen LogP contribution in [-0.2, 0) is 0 Å². The Labute approximate surface area is 85.9 Å². The molecule has 2 N–H and O–H groups in total. The molecule has 0 unspecified atom stereocenters. The molecule has 0 bridgehead atoms.